The molecule has 1 aliphatic rings. The maximum atomic E-state index is 13.0. The SMILES string of the molecule is COc1ccc(Cl)cc1NC(=O)[C@H]1CC(=O)Nc2nc(Nc3ccc(Cl)cc3)[nH]c(=O)c21. The number of benzene rings is 2. The molecule has 1 atom stereocenters. The maximum Gasteiger partial charge on any atom is 0.258 e. The first-order chi connectivity index (χ1) is 15.3. The average molecular weight is 474 g/mol. The monoisotopic (exact) mass is 473 g/mol. The third kappa shape index (κ3) is 4.53. The summed E-state index contributed by atoms with van der Waals surface area (Å²) in [5.41, 5.74) is 0.458. The third-order valence-corrected chi connectivity index (χ3v) is 5.28. The second kappa shape index (κ2) is 8.89. The number of fused-ring (bicyclic) bond motifs is 1. The Morgan fingerprint density at radius 3 is 2.56 bits per heavy atom. The summed E-state index contributed by atoms with van der Waals surface area (Å²) in [5.74, 6) is -1.55. The molecule has 0 saturated carbocycles. The lowest BCUT2D eigenvalue weighted by atomic mass is 9.92. The predicted molar refractivity (Wildman–Crippen MR) is 122 cm³/mol. The molecule has 2 amide bonds. The number of nitrogens with zero attached hydrogens (tertiary/aromatic N) is 1. The molecule has 0 aliphatic carbocycles. The highest BCUT2D eigenvalue weighted by Gasteiger charge is 2.35. The Hall–Kier alpha value is -3.56. The van der Waals surface area contributed by atoms with Crippen LogP contribution < -0.4 is 26.2 Å². The zero-order chi connectivity index (χ0) is 22.8. The summed E-state index contributed by atoms with van der Waals surface area (Å²) < 4.78 is 5.23. The molecule has 9 nitrogen and oxygen atoms in total. The Balaban J connectivity index is 1.65. The van der Waals surface area contributed by atoms with Crippen LogP contribution in [0.25, 0.3) is 0 Å². The quantitative estimate of drug-likeness (QED) is 0.445. The first kappa shape index (κ1) is 21.7. The van der Waals surface area contributed by atoms with E-state index >= 15 is 0 Å². The van der Waals surface area contributed by atoms with Gasteiger partial charge in [0.05, 0.1) is 24.3 Å². The van der Waals surface area contributed by atoms with E-state index in [4.69, 9.17) is 27.9 Å². The van der Waals surface area contributed by atoms with E-state index in [2.05, 4.69) is 25.9 Å². The summed E-state index contributed by atoms with van der Waals surface area (Å²) in [6.45, 7) is 0. The first-order valence-corrected chi connectivity index (χ1v) is 10.2. The van der Waals surface area contributed by atoms with E-state index in [9.17, 15) is 14.4 Å². The standard InChI is InChI=1S/C21H17Cl2N5O4/c1-32-15-7-4-11(23)8-14(15)25-19(30)13-9-16(29)26-18-17(13)20(31)28-21(27-18)24-12-5-2-10(22)3-6-12/h2-8,13H,9H2,1H3,(H,25,30)(H3,24,26,27,28,29,31)/t13-/m0/s1. The Bertz CT molecular complexity index is 1260. The highest BCUT2D eigenvalue weighted by molar-refractivity contribution is 6.31. The molecule has 32 heavy (non-hydrogen) atoms. The second-order valence-corrected chi connectivity index (χ2v) is 7.82. The fourth-order valence-corrected chi connectivity index (χ4v) is 3.62. The minimum Gasteiger partial charge on any atom is -0.495 e. The third-order valence-electron chi connectivity index (χ3n) is 4.79. The Morgan fingerprint density at radius 1 is 1.12 bits per heavy atom. The van der Waals surface area contributed by atoms with Crippen LogP contribution in [-0.2, 0) is 9.59 Å². The number of rotatable bonds is 5. The molecule has 0 radical (unpaired) electrons. The molecule has 0 unspecified atom stereocenters. The van der Waals surface area contributed by atoms with Gasteiger partial charge in [-0.3, -0.25) is 19.4 Å². The molecule has 3 aromatic rings. The molecule has 1 aromatic heterocycles. The van der Waals surface area contributed by atoms with Crippen molar-refractivity contribution in [1.82, 2.24) is 9.97 Å². The summed E-state index contributed by atoms with van der Waals surface area (Å²) in [4.78, 5) is 45.0. The van der Waals surface area contributed by atoms with Crippen molar-refractivity contribution in [1.29, 1.82) is 0 Å². The van der Waals surface area contributed by atoms with Gasteiger partial charge in [0, 0.05) is 22.2 Å². The van der Waals surface area contributed by atoms with E-state index in [1.54, 1.807) is 36.4 Å². The van der Waals surface area contributed by atoms with Crippen LogP contribution in [-0.4, -0.2) is 28.9 Å². The number of halogens is 2. The molecule has 0 spiro atoms. The number of amides is 2. The molecule has 0 saturated heterocycles. The molecule has 0 bridgehead atoms. The molecular weight excluding hydrogens is 457 g/mol. The van der Waals surface area contributed by atoms with E-state index < -0.39 is 23.3 Å². The van der Waals surface area contributed by atoms with Crippen LogP contribution in [0.15, 0.2) is 47.3 Å². The number of hydrogen-bond acceptors (Lipinski definition) is 6. The van der Waals surface area contributed by atoms with E-state index in [0.29, 0.717) is 27.2 Å². The Labute approximate surface area is 192 Å². The number of H-pyrrole nitrogens is 1. The van der Waals surface area contributed by atoms with Crippen molar-refractivity contribution in [3.63, 3.8) is 0 Å². The molecule has 1 aliphatic heterocycles. The van der Waals surface area contributed by atoms with Crippen LogP contribution in [0.2, 0.25) is 10.0 Å². The fourth-order valence-electron chi connectivity index (χ4n) is 3.32. The number of ether oxygens (including phenoxy) is 1. The van der Waals surface area contributed by atoms with Gasteiger partial charge in [0.15, 0.2) is 0 Å². The van der Waals surface area contributed by atoms with Gasteiger partial charge in [0.2, 0.25) is 17.8 Å². The van der Waals surface area contributed by atoms with Gasteiger partial charge in [-0.1, -0.05) is 23.2 Å². The molecule has 2 aromatic carbocycles. The van der Waals surface area contributed by atoms with Gasteiger partial charge in [0.25, 0.3) is 5.56 Å². The van der Waals surface area contributed by atoms with Gasteiger partial charge in [-0.05, 0) is 42.5 Å². The number of carbonyl (C=O) groups is 2. The summed E-state index contributed by atoms with van der Waals surface area (Å²) in [6.07, 6.45) is -0.212. The van der Waals surface area contributed by atoms with Crippen molar-refractivity contribution in [3.05, 3.63) is 68.4 Å². The van der Waals surface area contributed by atoms with Crippen molar-refractivity contribution in [2.24, 2.45) is 0 Å². The van der Waals surface area contributed by atoms with E-state index in [-0.39, 0.29) is 23.8 Å². The largest absolute Gasteiger partial charge is 0.495 e. The summed E-state index contributed by atoms with van der Waals surface area (Å²) in [6, 6.07) is 11.5. The van der Waals surface area contributed by atoms with Crippen molar-refractivity contribution >= 4 is 58.2 Å². The van der Waals surface area contributed by atoms with Crippen molar-refractivity contribution in [3.8, 4) is 5.75 Å². The topological polar surface area (TPSA) is 125 Å². The minimum atomic E-state index is -1.05. The second-order valence-electron chi connectivity index (χ2n) is 6.95. The van der Waals surface area contributed by atoms with Crippen LogP contribution >= 0.6 is 23.2 Å². The molecular formula is C21H17Cl2N5O4. The smallest absolute Gasteiger partial charge is 0.258 e. The van der Waals surface area contributed by atoms with Crippen LogP contribution in [0.1, 0.15) is 17.9 Å². The van der Waals surface area contributed by atoms with E-state index in [1.165, 1.54) is 13.2 Å². The molecule has 11 heteroatoms. The Kier molecular flexibility index (Phi) is 6.02. The van der Waals surface area contributed by atoms with Crippen molar-refractivity contribution in [2.75, 3.05) is 23.1 Å². The highest BCUT2D eigenvalue weighted by atomic mass is 35.5. The van der Waals surface area contributed by atoms with Gasteiger partial charge in [-0.2, -0.15) is 4.98 Å². The number of aromatic nitrogens is 2. The van der Waals surface area contributed by atoms with Crippen LogP contribution in [0.4, 0.5) is 23.1 Å². The lowest BCUT2D eigenvalue weighted by molar-refractivity contribution is -0.123. The van der Waals surface area contributed by atoms with Crippen molar-refractivity contribution in [2.45, 2.75) is 12.3 Å². The number of hydrogen-bond donors (Lipinski definition) is 4. The van der Waals surface area contributed by atoms with Crippen molar-refractivity contribution < 1.29 is 14.3 Å². The number of carbonyl (C=O) groups excluding carboxylic acids is 2. The zero-order valence-corrected chi connectivity index (χ0v) is 18.2. The first-order valence-electron chi connectivity index (χ1n) is 9.45. The molecule has 164 valence electrons. The zero-order valence-electron chi connectivity index (χ0n) is 16.7. The maximum absolute atomic E-state index is 13.0. The molecule has 0 fully saturated rings. The molecule has 4 N–H and O–H groups in total. The van der Waals surface area contributed by atoms with E-state index in [0.717, 1.165) is 0 Å². The summed E-state index contributed by atoms with van der Waals surface area (Å²) in [7, 11) is 1.45. The Morgan fingerprint density at radius 2 is 1.84 bits per heavy atom. The minimum absolute atomic E-state index is 0.0136. The lowest BCUT2D eigenvalue weighted by Crippen LogP contribution is -2.36. The predicted octanol–water partition coefficient (Wildman–Crippen LogP) is 3.89. The summed E-state index contributed by atoms with van der Waals surface area (Å²) in [5, 5.41) is 9.12. The van der Waals surface area contributed by atoms with Gasteiger partial charge in [0.1, 0.15) is 11.6 Å². The normalized spacial score (nSPS) is 14.8. The van der Waals surface area contributed by atoms with Gasteiger partial charge < -0.3 is 20.7 Å². The van der Waals surface area contributed by atoms with Gasteiger partial charge >= 0.3 is 0 Å². The summed E-state index contributed by atoms with van der Waals surface area (Å²) >= 11 is 11.9. The number of aromatic amines is 1. The number of anilines is 4. The molecule has 4 rings (SSSR count). The number of nitrogens with one attached hydrogen (secondary N) is 4. The number of methoxy groups -OCH3 is 1. The highest BCUT2D eigenvalue weighted by Crippen LogP contribution is 2.33. The van der Waals surface area contributed by atoms with Gasteiger partial charge in [-0.15, -0.1) is 0 Å². The van der Waals surface area contributed by atoms with Gasteiger partial charge in [-0.25, -0.2) is 0 Å². The van der Waals surface area contributed by atoms with Crippen LogP contribution in [0, 0.1) is 0 Å². The average Bonchev–Trinajstić information content (AvgIpc) is 2.74. The van der Waals surface area contributed by atoms with E-state index in [1.807, 2.05) is 0 Å². The lowest BCUT2D eigenvalue weighted by Gasteiger charge is -2.24. The molecule has 2 heterocycles. The fraction of sp³-hybridized carbons (Fsp3) is 0.143. The van der Waals surface area contributed by atoms with Crippen LogP contribution in [0.3, 0.4) is 0 Å². The van der Waals surface area contributed by atoms with Crippen LogP contribution in [0.5, 0.6) is 5.75 Å².